The molecule has 0 aliphatic carbocycles. The van der Waals surface area contributed by atoms with E-state index in [9.17, 15) is 4.79 Å². The van der Waals surface area contributed by atoms with E-state index < -0.39 is 6.03 Å². The summed E-state index contributed by atoms with van der Waals surface area (Å²) in [5.41, 5.74) is 9.41. The van der Waals surface area contributed by atoms with E-state index in [4.69, 9.17) is 10.5 Å². The van der Waals surface area contributed by atoms with Crippen LogP contribution in [0.25, 0.3) is 16.6 Å². The van der Waals surface area contributed by atoms with Crippen molar-refractivity contribution in [1.29, 1.82) is 0 Å². The quantitative estimate of drug-likeness (QED) is 0.786. The van der Waals surface area contributed by atoms with Crippen LogP contribution in [-0.4, -0.2) is 34.2 Å². The van der Waals surface area contributed by atoms with Gasteiger partial charge in [-0.3, -0.25) is 9.97 Å². The molecular weight excluding hydrogens is 330 g/mol. The zero-order valence-electron chi connectivity index (χ0n) is 14.0. The molecule has 0 unspecified atom stereocenters. The SMILES string of the molecule is NC(=O)N(c1cccc(C2=CCOCC2)n1)c1ccnc2cccnc12. The first-order valence-corrected chi connectivity index (χ1v) is 8.27. The lowest BCUT2D eigenvalue weighted by molar-refractivity contribution is 0.161. The van der Waals surface area contributed by atoms with Crippen LogP contribution in [0.1, 0.15) is 12.1 Å². The number of anilines is 2. The van der Waals surface area contributed by atoms with Gasteiger partial charge in [-0.05, 0) is 42.3 Å². The van der Waals surface area contributed by atoms with E-state index >= 15 is 0 Å². The summed E-state index contributed by atoms with van der Waals surface area (Å²) in [5.74, 6) is 0.445. The summed E-state index contributed by atoms with van der Waals surface area (Å²) >= 11 is 0. The average molecular weight is 347 g/mol. The topological polar surface area (TPSA) is 94.2 Å². The lowest BCUT2D eigenvalue weighted by Gasteiger charge is -2.21. The Bertz CT molecular complexity index is 997. The molecule has 0 atom stereocenters. The number of rotatable bonds is 3. The molecule has 0 spiro atoms. The number of fused-ring (bicyclic) bond motifs is 1. The third kappa shape index (κ3) is 3.00. The van der Waals surface area contributed by atoms with Gasteiger partial charge in [0.25, 0.3) is 0 Å². The predicted octanol–water partition coefficient (Wildman–Crippen LogP) is 3.05. The Kier molecular flexibility index (Phi) is 4.28. The second-order valence-electron chi connectivity index (χ2n) is 5.81. The van der Waals surface area contributed by atoms with E-state index in [1.165, 1.54) is 4.90 Å². The lowest BCUT2D eigenvalue weighted by atomic mass is 10.1. The second kappa shape index (κ2) is 6.89. The van der Waals surface area contributed by atoms with Crippen molar-refractivity contribution in [2.75, 3.05) is 18.1 Å². The molecule has 130 valence electrons. The standard InChI is InChI=1S/C19H17N5O2/c20-19(25)24(16-6-10-21-15-4-2-9-22-18(15)16)17-5-1-3-14(23-17)13-7-11-26-12-8-13/h1-7,9-10H,8,11-12H2,(H2,20,25). The summed E-state index contributed by atoms with van der Waals surface area (Å²) in [4.78, 5) is 26.9. The molecule has 0 saturated heterocycles. The predicted molar refractivity (Wildman–Crippen MR) is 98.9 cm³/mol. The maximum Gasteiger partial charge on any atom is 0.325 e. The zero-order valence-corrected chi connectivity index (χ0v) is 14.0. The Morgan fingerprint density at radius 2 is 2.04 bits per heavy atom. The summed E-state index contributed by atoms with van der Waals surface area (Å²) in [7, 11) is 0. The smallest absolute Gasteiger partial charge is 0.325 e. The van der Waals surface area contributed by atoms with E-state index in [-0.39, 0.29) is 0 Å². The Hall–Kier alpha value is -3.32. The van der Waals surface area contributed by atoms with Gasteiger partial charge in [0.15, 0.2) is 0 Å². The maximum absolute atomic E-state index is 12.3. The number of primary amides is 1. The number of aromatic nitrogens is 3. The van der Waals surface area contributed by atoms with Crippen molar-refractivity contribution in [2.45, 2.75) is 6.42 Å². The first-order valence-electron chi connectivity index (χ1n) is 8.27. The normalized spacial score (nSPS) is 14.1. The number of urea groups is 1. The molecule has 1 aliphatic heterocycles. The van der Waals surface area contributed by atoms with Gasteiger partial charge in [0.1, 0.15) is 11.3 Å². The fourth-order valence-corrected chi connectivity index (χ4v) is 2.99. The number of hydrogen-bond donors (Lipinski definition) is 1. The van der Waals surface area contributed by atoms with Crippen molar-refractivity contribution in [3.63, 3.8) is 0 Å². The van der Waals surface area contributed by atoms with Gasteiger partial charge in [0.2, 0.25) is 0 Å². The molecule has 4 rings (SSSR count). The highest BCUT2D eigenvalue weighted by Crippen LogP contribution is 2.30. The van der Waals surface area contributed by atoms with Crippen LogP contribution < -0.4 is 10.6 Å². The highest BCUT2D eigenvalue weighted by Gasteiger charge is 2.21. The van der Waals surface area contributed by atoms with Gasteiger partial charge in [0, 0.05) is 12.4 Å². The minimum atomic E-state index is -0.631. The third-order valence-electron chi connectivity index (χ3n) is 4.19. The van der Waals surface area contributed by atoms with E-state index in [0.29, 0.717) is 35.8 Å². The second-order valence-corrected chi connectivity index (χ2v) is 5.81. The van der Waals surface area contributed by atoms with Crippen LogP contribution in [0.4, 0.5) is 16.3 Å². The molecule has 3 aromatic heterocycles. The molecule has 2 amide bonds. The van der Waals surface area contributed by atoms with Crippen molar-refractivity contribution in [3.8, 4) is 0 Å². The van der Waals surface area contributed by atoms with E-state index in [1.54, 1.807) is 30.6 Å². The Balaban J connectivity index is 1.83. The van der Waals surface area contributed by atoms with E-state index in [1.807, 2.05) is 24.3 Å². The van der Waals surface area contributed by atoms with Crippen LogP contribution in [0.3, 0.4) is 0 Å². The van der Waals surface area contributed by atoms with Crippen molar-refractivity contribution in [2.24, 2.45) is 5.73 Å². The number of carbonyl (C=O) groups is 1. The lowest BCUT2D eigenvalue weighted by Crippen LogP contribution is -2.32. The maximum atomic E-state index is 12.3. The molecule has 0 saturated carbocycles. The fraction of sp³-hybridized carbons (Fsp3) is 0.158. The van der Waals surface area contributed by atoms with Crippen LogP contribution in [0.15, 0.2) is 54.9 Å². The van der Waals surface area contributed by atoms with Crippen molar-refractivity contribution < 1.29 is 9.53 Å². The fourth-order valence-electron chi connectivity index (χ4n) is 2.99. The van der Waals surface area contributed by atoms with Crippen LogP contribution in [0.5, 0.6) is 0 Å². The molecule has 4 heterocycles. The minimum Gasteiger partial charge on any atom is -0.377 e. The molecule has 0 fully saturated rings. The summed E-state index contributed by atoms with van der Waals surface area (Å²) in [6.45, 7) is 1.23. The number of amides is 2. The minimum absolute atomic E-state index is 0.445. The summed E-state index contributed by atoms with van der Waals surface area (Å²) < 4.78 is 5.35. The van der Waals surface area contributed by atoms with Crippen LogP contribution in [0.2, 0.25) is 0 Å². The van der Waals surface area contributed by atoms with E-state index in [2.05, 4.69) is 15.0 Å². The molecule has 0 aromatic carbocycles. The molecule has 7 nitrogen and oxygen atoms in total. The van der Waals surface area contributed by atoms with Gasteiger partial charge in [0.05, 0.1) is 30.1 Å². The molecular formula is C19H17N5O2. The molecule has 1 aliphatic rings. The number of hydrogen-bond acceptors (Lipinski definition) is 5. The largest absolute Gasteiger partial charge is 0.377 e. The van der Waals surface area contributed by atoms with Crippen molar-refractivity contribution >= 4 is 34.1 Å². The van der Waals surface area contributed by atoms with Crippen LogP contribution in [0, 0.1) is 0 Å². The molecule has 0 bridgehead atoms. The summed E-state index contributed by atoms with van der Waals surface area (Å²) in [5, 5.41) is 0. The molecule has 3 aromatic rings. The highest BCUT2D eigenvalue weighted by atomic mass is 16.5. The number of nitrogens with zero attached hydrogens (tertiary/aromatic N) is 4. The van der Waals surface area contributed by atoms with Gasteiger partial charge in [-0.2, -0.15) is 0 Å². The highest BCUT2D eigenvalue weighted by molar-refractivity contribution is 6.04. The third-order valence-corrected chi connectivity index (χ3v) is 4.19. The van der Waals surface area contributed by atoms with Gasteiger partial charge in [-0.1, -0.05) is 12.1 Å². The van der Waals surface area contributed by atoms with Gasteiger partial charge >= 0.3 is 6.03 Å². The van der Waals surface area contributed by atoms with Gasteiger partial charge < -0.3 is 10.5 Å². The van der Waals surface area contributed by atoms with Crippen LogP contribution >= 0.6 is 0 Å². The first-order chi connectivity index (χ1) is 12.7. The first kappa shape index (κ1) is 16.2. The molecule has 26 heavy (non-hydrogen) atoms. The zero-order chi connectivity index (χ0) is 17.9. The van der Waals surface area contributed by atoms with Crippen LogP contribution in [-0.2, 0) is 4.74 Å². The summed E-state index contributed by atoms with van der Waals surface area (Å²) in [6, 6.07) is 10.2. The van der Waals surface area contributed by atoms with Gasteiger partial charge in [-0.15, -0.1) is 0 Å². The number of nitrogens with two attached hydrogens (primary N) is 1. The van der Waals surface area contributed by atoms with E-state index in [0.717, 1.165) is 17.7 Å². The number of pyridine rings is 3. The monoisotopic (exact) mass is 347 g/mol. The molecule has 2 N–H and O–H groups in total. The Morgan fingerprint density at radius 3 is 2.85 bits per heavy atom. The summed E-state index contributed by atoms with van der Waals surface area (Å²) in [6.07, 6.45) is 6.07. The number of carbonyl (C=O) groups excluding carboxylic acids is 1. The Morgan fingerprint density at radius 1 is 1.12 bits per heavy atom. The van der Waals surface area contributed by atoms with Crippen molar-refractivity contribution in [1.82, 2.24) is 15.0 Å². The Labute approximate surface area is 150 Å². The molecule has 7 heteroatoms. The van der Waals surface area contributed by atoms with Crippen molar-refractivity contribution in [3.05, 3.63) is 60.6 Å². The van der Waals surface area contributed by atoms with Gasteiger partial charge in [-0.25, -0.2) is 14.7 Å². The average Bonchev–Trinajstić information content (AvgIpc) is 2.69. The number of ether oxygens (including phenoxy) is 1. The molecule has 0 radical (unpaired) electrons.